The zero-order valence-electron chi connectivity index (χ0n) is 5.57. The Hall–Kier alpha value is -1.14. The smallest absolute Gasteiger partial charge is 0.335 e. The minimum absolute atomic E-state index is 0.145. The summed E-state index contributed by atoms with van der Waals surface area (Å²) in [6, 6.07) is -0.795. The summed E-state index contributed by atoms with van der Waals surface area (Å²) in [6.07, 6.45) is -0.934. The summed E-state index contributed by atoms with van der Waals surface area (Å²) < 4.78 is 0. The van der Waals surface area contributed by atoms with Gasteiger partial charge in [-0.2, -0.15) is 0 Å². The molecule has 6 heteroatoms. The van der Waals surface area contributed by atoms with Gasteiger partial charge in [-0.05, 0) is 0 Å². The molecule has 4 N–H and O–H groups in total. The van der Waals surface area contributed by atoms with Crippen molar-refractivity contribution < 1.29 is 19.8 Å². The number of hydrogen-bond acceptors (Lipinski definition) is 4. The lowest BCUT2D eigenvalue weighted by Gasteiger charge is -2.04. The van der Waals surface area contributed by atoms with E-state index < -0.39 is 24.1 Å². The van der Waals surface area contributed by atoms with Crippen molar-refractivity contribution in [3.05, 3.63) is 0 Å². The molecule has 1 aliphatic heterocycles. The van der Waals surface area contributed by atoms with E-state index in [1.807, 2.05) is 0 Å². The van der Waals surface area contributed by atoms with Gasteiger partial charge in [0.2, 0.25) is 0 Å². The maximum atomic E-state index is 10.3. The zero-order chi connectivity index (χ0) is 8.43. The van der Waals surface area contributed by atoms with Crippen molar-refractivity contribution in [2.45, 2.75) is 12.2 Å². The fraction of sp³-hybridized carbons (Fsp3) is 0.600. The number of nitrogens with one attached hydrogen (secondary N) is 2. The van der Waals surface area contributed by atoms with Gasteiger partial charge in [-0.25, -0.2) is 4.79 Å². The Morgan fingerprint density at radius 1 is 1.27 bits per heavy atom. The highest BCUT2D eigenvalue weighted by atomic mass is 16.4. The molecule has 0 saturated carbocycles. The number of carboxylic acid groups (broad SMARTS) is 2. The number of hydrogen-bond donors (Lipinski definition) is 4. The van der Waals surface area contributed by atoms with Crippen LogP contribution in [0.2, 0.25) is 0 Å². The first kappa shape index (κ1) is 7.96. The average molecular weight is 160 g/mol. The molecule has 0 spiro atoms. The van der Waals surface area contributed by atoms with E-state index in [0.29, 0.717) is 0 Å². The van der Waals surface area contributed by atoms with Gasteiger partial charge in [0, 0.05) is 6.54 Å². The first-order valence-corrected chi connectivity index (χ1v) is 3.06. The molecule has 6 nitrogen and oxygen atoms in total. The molecule has 0 aromatic rings. The van der Waals surface area contributed by atoms with Crippen LogP contribution in [0.4, 0.5) is 0 Å². The highest BCUT2D eigenvalue weighted by molar-refractivity contribution is 5.79. The molecule has 2 unspecified atom stereocenters. The molecule has 0 aromatic carbocycles. The molecule has 0 aromatic heterocycles. The number of carbonyl (C=O) groups is 2. The summed E-state index contributed by atoms with van der Waals surface area (Å²) in [7, 11) is 0. The maximum absolute atomic E-state index is 10.3. The first-order valence-electron chi connectivity index (χ1n) is 3.06. The summed E-state index contributed by atoms with van der Waals surface area (Å²) in [5.41, 5.74) is 0. The molecular weight excluding hydrogens is 152 g/mol. The summed E-state index contributed by atoms with van der Waals surface area (Å²) in [4.78, 5) is 20.5. The SMILES string of the molecule is O=C(O)C1CNC(C(=O)O)N1. The summed E-state index contributed by atoms with van der Waals surface area (Å²) in [6.45, 7) is 0.145. The standard InChI is InChI=1S/C5H8N2O4/c8-4(9)2-1-6-3(7-2)5(10)11/h2-3,6-7H,1H2,(H,8,9)(H,10,11). The molecule has 11 heavy (non-hydrogen) atoms. The van der Waals surface area contributed by atoms with E-state index in [1.54, 1.807) is 0 Å². The number of rotatable bonds is 2. The van der Waals surface area contributed by atoms with Gasteiger partial charge in [0.05, 0.1) is 0 Å². The molecule has 2 atom stereocenters. The number of carboxylic acids is 2. The van der Waals surface area contributed by atoms with E-state index >= 15 is 0 Å². The quantitative estimate of drug-likeness (QED) is 0.374. The minimum atomic E-state index is -1.09. The van der Waals surface area contributed by atoms with E-state index in [0.717, 1.165) is 0 Å². The Bertz CT molecular complexity index is 173. The zero-order valence-corrected chi connectivity index (χ0v) is 5.57. The van der Waals surface area contributed by atoms with E-state index in [9.17, 15) is 9.59 Å². The molecule has 0 bridgehead atoms. The van der Waals surface area contributed by atoms with Crippen molar-refractivity contribution in [1.82, 2.24) is 10.6 Å². The topological polar surface area (TPSA) is 98.7 Å². The molecular formula is C5H8N2O4. The molecule has 1 rings (SSSR count). The summed E-state index contributed by atoms with van der Waals surface area (Å²) >= 11 is 0. The third kappa shape index (κ3) is 1.66. The highest BCUT2D eigenvalue weighted by Crippen LogP contribution is 1.94. The van der Waals surface area contributed by atoms with Crippen molar-refractivity contribution >= 4 is 11.9 Å². The van der Waals surface area contributed by atoms with Gasteiger partial charge >= 0.3 is 11.9 Å². The Morgan fingerprint density at radius 2 is 1.91 bits per heavy atom. The van der Waals surface area contributed by atoms with Gasteiger partial charge in [-0.15, -0.1) is 0 Å². The molecule has 1 aliphatic rings. The average Bonchev–Trinajstić information content (AvgIpc) is 2.33. The second-order valence-corrected chi connectivity index (χ2v) is 2.24. The lowest BCUT2D eigenvalue weighted by Crippen LogP contribution is -2.42. The number of aliphatic carboxylic acids is 2. The van der Waals surface area contributed by atoms with E-state index in [-0.39, 0.29) is 6.54 Å². The Morgan fingerprint density at radius 3 is 2.18 bits per heavy atom. The molecule has 0 amide bonds. The first-order chi connectivity index (χ1) is 5.11. The molecule has 0 radical (unpaired) electrons. The predicted molar refractivity (Wildman–Crippen MR) is 34.0 cm³/mol. The Labute approximate surface area is 62.2 Å². The third-order valence-electron chi connectivity index (χ3n) is 1.44. The molecule has 62 valence electrons. The van der Waals surface area contributed by atoms with Crippen LogP contribution in [-0.4, -0.2) is 40.9 Å². The van der Waals surface area contributed by atoms with Gasteiger partial charge in [0.15, 0.2) is 6.17 Å². The third-order valence-corrected chi connectivity index (χ3v) is 1.44. The van der Waals surface area contributed by atoms with Crippen molar-refractivity contribution in [2.75, 3.05) is 6.54 Å². The summed E-state index contributed by atoms with van der Waals surface area (Å²) in [5, 5.41) is 21.7. The van der Waals surface area contributed by atoms with Crippen LogP contribution in [0.5, 0.6) is 0 Å². The van der Waals surface area contributed by atoms with Crippen molar-refractivity contribution in [1.29, 1.82) is 0 Å². The second-order valence-electron chi connectivity index (χ2n) is 2.24. The van der Waals surface area contributed by atoms with Gasteiger partial charge < -0.3 is 10.2 Å². The second kappa shape index (κ2) is 2.85. The maximum Gasteiger partial charge on any atom is 0.335 e. The predicted octanol–water partition coefficient (Wildman–Crippen LogP) is -1.96. The Kier molecular flexibility index (Phi) is 2.06. The van der Waals surface area contributed by atoms with Crippen LogP contribution in [0, 0.1) is 0 Å². The molecule has 0 aliphatic carbocycles. The normalized spacial score (nSPS) is 30.2. The van der Waals surface area contributed by atoms with E-state index in [2.05, 4.69) is 10.6 Å². The van der Waals surface area contributed by atoms with Crippen molar-refractivity contribution in [2.24, 2.45) is 0 Å². The van der Waals surface area contributed by atoms with Crippen molar-refractivity contribution in [3.8, 4) is 0 Å². The fourth-order valence-electron chi connectivity index (χ4n) is 0.872. The van der Waals surface area contributed by atoms with Gasteiger partial charge in [-0.3, -0.25) is 15.4 Å². The lowest BCUT2D eigenvalue weighted by atomic mass is 10.3. The van der Waals surface area contributed by atoms with E-state index in [4.69, 9.17) is 10.2 Å². The summed E-state index contributed by atoms with van der Waals surface area (Å²) in [5.74, 6) is -2.13. The Balaban J connectivity index is 2.47. The van der Waals surface area contributed by atoms with Crippen LogP contribution in [0.1, 0.15) is 0 Å². The largest absolute Gasteiger partial charge is 0.480 e. The van der Waals surface area contributed by atoms with Crippen LogP contribution in [0.3, 0.4) is 0 Å². The highest BCUT2D eigenvalue weighted by Gasteiger charge is 2.31. The van der Waals surface area contributed by atoms with Gasteiger partial charge in [0.25, 0.3) is 0 Å². The molecule has 1 saturated heterocycles. The van der Waals surface area contributed by atoms with Crippen LogP contribution in [0.25, 0.3) is 0 Å². The fourth-order valence-corrected chi connectivity index (χ4v) is 0.872. The molecule has 1 fully saturated rings. The van der Waals surface area contributed by atoms with Crippen LogP contribution < -0.4 is 10.6 Å². The monoisotopic (exact) mass is 160 g/mol. The van der Waals surface area contributed by atoms with Crippen LogP contribution in [0.15, 0.2) is 0 Å². The van der Waals surface area contributed by atoms with Crippen molar-refractivity contribution in [3.63, 3.8) is 0 Å². The van der Waals surface area contributed by atoms with E-state index in [1.165, 1.54) is 0 Å². The molecule has 1 heterocycles. The van der Waals surface area contributed by atoms with Crippen LogP contribution in [-0.2, 0) is 9.59 Å². The lowest BCUT2D eigenvalue weighted by molar-refractivity contribution is -0.140. The van der Waals surface area contributed by atoms with Crippen LogP contribution >= 0.6 is 0 Å². The van der Waals surface area contributed by atoms with Gasteiger partial charge in [-0.1, -0.05) is 0 Å². The van der Waals surface area contributed by atoms with Gasteiger partial charge in [0.1, 0.15) is 6.04 Å². The minimum Gasteiger partial charge on any atom is -0.480 e.